The summed E-state index contributed by atoms with van der Waals surface area (Å²) in [7, 11) is -3.91. The topological polar surface area (TPSA) is 76.6 Å². The molecular weight excluding hydrogens is 412 g/mol. The Morgan fingerprint density at radius 2 is 1.76 bits per heavy atom. The van der Waals surface area contributed by atoms with E-state index in [0.29, 0.717) is 10.7 Å². The molecule has 0 aliphatic rings. The number of esters is 1. The molecule has 0 atom stereocenters. The van der Waals surface area contributed by atoms with Crippen molar-refractivity contribution in [3.8, 4) is 0 Å². The number of rotatable bonds is 7. The van der Waals surface area contributed by atoms with E-state index in [1.807, 2.05) is 0 Å². The number of anilines is 1. The zero-order valence-electron chi connectivity index (χ0n) is 15.7. The number of aromatic nitrogens is 1. The van der Waals surface area contributed by atoms with Crippen molar-refractivity contribution in [2.75, 3.05) is 10.9 Å². The third-order valence-corrected chi connectivity index (χ3v) is 6.16. The normalized spacial score (nSPS) is 11.1. The Kier molecular flexibility index (Phi) is 6.51. The molecule has 0 N–H and O–H groups in total. The molecule has 6 nitrogen and oxygen atoms in total. The molecule has 150 valence electrons. The van der Waals surface area contributed by atoms with Gasteiger partial charge in [-0.15, -0.1) is 0 Å². The van der Waals surface area contributed by atoms with Crippen LogP contribution in [0.2, 0.25) is 5.02 Å². The lowest BCUT2D eigenvalue weighted by Crippen LogP contribution is -2.30. The predicted octanol–water partition coefficient (Wildman–Crippen LogP) is 4.31. The number of carbonyl (C=O) groups excluding carboxylic acids is 1. The van der Waals surface area contributed by atoms with Crippen molar-refractivity contribution < 1.29 is 17.9 Å². The van der Waals surface area contributed by atoms with E-state index >= 15 is 0 Å². The Labute approximate surface area is 174 Å². The Balaban J connectivity index is 1.99. The summed E-state index contributed by atoms with van der Waals surface area (Å²) in [5, 5.41) is 0.506. The number of hydrogen-bond donors (Lipinski definition) is 0. The molecule has 0 radical (unpaired) electrons. The quantitative estimate of drug-likeness (QED) is 0.522. The Hall–Kier alpha value is -2.90. The third kappa shape index (κ3) is 4.93. The highest BCUT2D eigenvalue weighted by molar-refractivity contribution is 7.92. The van der Waals surface area contributed by atoms with Crippen molar-refractivity contribution in [3.05, 3.63) is 89.2 Å². The van der Waals surface area contributed by atoms with Gasteiger partial charge in [-0.2, -0.15) is 0 Å². The summed E-state index contributed by atoms with van der Waals surface area (Å²) in [5.74, 6) is -0.499. The highest BCUT2D eigenvalue weighted by atomic mass is 35.5. The summed E-state index contributed by atoms with van der Waals surface area (Å²) in [6, 6.07) is 15.8. The lowest BCUT2D eigenvalue weighted by molar-refractivity contribution is 0.0526. The van der Waals surface area contributed by atoms with Crippen LogP contribution in [0.25, 0.3) is 0 Å². The van der Waals surface area contributed by atoms with Crippen LogP contribution in [0.4, 0.5) is 5.69 Å². The highest BCUT2D eigenvalue weighted by Gasteiger charge is 2.25. The number of sulfonamides is 1. The van der Waals surface area contributed by atoms with Gasteiger partial charge in [-0.3, -0.25) is 9.29 Å². The van der Waals surface area contributed by atoms with Crippen LogP contribution in [0.5, 0.6) is 0 Å². The van der Waals surface area contributed by atoms with Gasteiger partial charge >= 0.3 is 5.97 Å². The first-order chi connectivity index (χ1) is 13.9. The average Bonchev–Trinajstić information content (AvgIpc) is 2.74. The maximum Gasteiger partial charge on any atom is 0.338 e. The average molecular weight is 431 g/mol. The minimum atomic E-state index is -3.91. The van der Waals surface area contributed by atoms with Gasteiger partial charge in [-0.05, 0) is 67.1 Å². The van der Waals surface area contributed by atoms with Gasteiger partial charge < -0.3 is 4.74 Å². The number of nitrogens with zero attached hydrogens (tertiary/aromatic N) is 2. The molecule has 3 rings (SSSR count). The molecule has 0 fully saturated rings. The van der Waals surface area contributed by atoms with Crippen LogP contribution < -0.4 is 4.31 Å². The Bertz CT molecular complexity index is 1070. The highest BCUT2D eigenvalue weighted by Crippen LogP contribution is 2.27. The third-order valence-electron chi connectivity index (χ3n) is 4.12. The van der Waals surface area contributed by atoms with E-state index in [9.17, 15) is 13.2 Å². The van der Waals surface area contributed by atoms with E-state index in [2.05, 4.69) is 4.98 Å². The van der Waals surface area contributed by atoms with Gasteiger partial charge in [0.05, 0.1) is 29.3 Å². The van der Waals surface area contributed by atoms with Gasteiger partial charge in [0.2, 0.25) is 0 Å². The predicted molar refractivity (Wildman–Crippen MR) is 111 cm³/mol. The van der Waals surface area contributed by atoms with Crippen molar-refractivity contribution in [1.29, 1.82) is 0 Å². The summed E-state index contributed by atoms with van der Waals surface area (Å²) in [6.07, 6.45) is 3.24. The molecule has 8 heteroatoms. The summed E-state index contributed by atoms with van der Waals surface area (Å²) in [5.41, 5.74) is 1.48. The molecule has 1 heterocycles. The minimum Gasteiger partial charge on any atom is -0.462 e. The van der Waals surface area contributed by atoms with E-state index in [4.69, 9.17) is 16.3 Å². The molecule has 0 saturated carbocycles. The summed E-state index contributed by atoms with van der Waals surface area (Å²) in [6.45, 7) is 2.05. The van der Waals surface area contributed by atoms with Gasteiger partial charge in [-0.1, -0.05) is 17.7 Å². The number of ether oxygens (including phenoxy) is 1. The number of halogens is 1. The fourth-order valence-corrected chi connectivity index (χ4v) is 4.26. The lowest BCUT2D eigenvalue weighted by Gasteiger charge is -2.24. The first-order valence-corrected chi connectivity index (χ1v) is 10.7. The molecule has 0 saturated heterocycles. The van der Waals surface area contributed by atoms with Crippen molar-refractivity contribution >= 4 is 33.3 Å². The lowest BCUT2D eigenvalue weighted by atomic mass is 10.2. The first kappa shape index (κ1) is 20.8. The maximum absolute atomic E-state index is 13.4. The van der Waals surface area contributed by atoms with Crippen LogP contribution in [0.15, 0.2) is 78.0 Å². The molecule has 2 aromatic carbocycles. The molecule has 0 aliphatic carbocycles. The molecule has 0 unspecified atom stereocenters. The first-order valence-electron chi connectivity index (χ1n) is 8.86. The Morgan fingerprint density at radius 3 is 2.34 bits per heavy atom. The minimum absolute atomic E-state index is 0.0596. The molecule has 3 aromatic rings. The van der Waals surface area contributed by atoms with Gasteiger partial charge in [-0.25, -0.2) is 13.2 Å². The Morgan fingerprint density at radius 1 is 1.07 bits per heavy atom. The van der Waals surface area contributed by atoms with Crippen LogP contribution in [0.1, 0.15) is 22.8 Å². The van der Waals surface area contributed by atoms with Gasteiger partial charge in [0, 0.05) is 17.4 Å². The van der Waals surface area contributed by atoms with Crippen molar-refractivity contribution in [3.63, 3.8) is 0 Å². The molecule has 0 amide bonds. The zero-order valence-corrected chi connectivity index (χ0v) is 17.2. The van der Waals surface area contributed by atoms with Gasteiger partial charge in [0.15, 0.2) is 0 Å². The molecule has 29 heavy (non-hydrogen) atoms. The maximum atomic E-state index is 13.4. The molecule has 0 spiro atoms. The number of benzene rings is 2. The smallest absolute Gasteiger partial charge is 0.338 e. The largest absolute Gasteiger partial charge is 0.462 e. The SMILES string of the molecule is CCOC(=O)c1ccc(S(=O)(=O)N(Cc2cccnc2)c2ccc(Cl)cc2)cc1. The molecule has 0 bridgehead atoms. The van der Waals surface area contributed by atoms with E-state index in [1.165, 1.54) is 28.6 Å². The fraction of sp³-hybridized carbons (Fsp3) is 0.143. The van der Waals surface area contributed by atoms with Crippen LogP contribution in [0, 0.1) is 0 Å². The van der Waals surface area contributed by atoms with Crippen LogP contribution in [0.3, 0.4) is 0 Å². The summed E-state index contributed by atoms with van der Waals surface area (Å²) >= 11 is 5.96. The van der Waals surface area contributed by atoms with Crippen molar-refractivity contribution in [2.24, 2.45) is 0 Å². The summed E-state index contributed by atoms with van der Waals surface area (Å²) < 4.78 is 33.0. The number of carbonyl (C=O) groups is 1. The van der Waals surface area contributed by atoms with Crippen LogP contribution in [-0.4, -0.2) is 26.0 Å². The molecule has 1 aromatic heterocycles. The van der Waals surface area contributed by atoms with Crippen molar-refractivity contribution in [1.82, 2.24) is 4.98 Å². The van der Waals surface area contributed by atoms with Crippen LogP contribution in [-0.2, 0) is 21.3 Å². The second-order valence-corrected chi connectivity index (χ2v) is 8.39. The van der Waals surface area contributed by atoms with E-state index in [0.717, 1.165) is 5.56 Å². The van der Waals surface area contributed by atoms with Crippen molar-refractivity contribution in [2.45, 2.75) is 18.4 Å². The van der Waals surface area contributed by atoms with Gasteiger partial charge in [0.1, 0.15) is 0 Å². The summed E-state index contributed by atoms with van der Waals surface area (Å²) in [4.78, 5) is 15.9. The zero-order chi connectivity index (χ0) is 20.9. The van der Waals surface area contributed by atoms with Crippen LogP contribution >= 0.6 is 11.6 Å². The van der Waals surface area contributed by atoms with Gasteiger partial charge in [0.25, 0.3) is 10.0 Å². The van der Waals surface area contributed by atoms with E-state index in [1.54, 1.807) is 55.7 Å². The second kappa shape index (κ2) is 9.07. The number of pyridine rings is 1. The molecule has 0 aliphatic heterocycles. The monoisotopic (exact) mass is 430 g/mol. The fourth-order valence-electron chi connectivity index (χ4n) is 2.68. The number of hydrogen-bond acceptors (Lipinski definition) is 5. The standard InChI is InChI=1S/C21H19ClN2O4S/c1-2-28-21(25)17-5-11-20(12-6-17)29(26,27)24(15-16-4-3-13-23-14-16)19-9-7-18(22)8-10-19/h3-14H,2,15H2,1H3. The van der Waals surface area contributed by atoms with E-state index in [-0.39, 0.29) is 23.6 Å². The molecular formula is C21H19ClN2O4S. The second-order valence-electron chi connectivity index (χ2n) is 6.09. The van der Waals surface area contributed by atoms with E-state index < -0.39 is 16.0 Å².